The van der Waals surface area contributed by atoms with Gasteiger partial charge in [-0.2, -0.15) is 0 Å². The topological polar surface area (TPSA) is 46.6 Å². The first-order valence-electron chi connectivity index (χ1n) is 4.61. The third-order valence-electron chi connectivity index (χ3n) is 2.10. The number of hydrogen-bond acceptors (Lipinski definition) is 3. The fraction of sp³-hybridized carbons (Fsp3) is 0.778. The van der Waals surface area contributed by atoms with E-state index in [1.807, 2.05) is 6.92 Å². The lowest BCUT2D eigenvalue weighted by Gasteiger charge is -2.25. The molecular weight excluding hydrogens is 170 g/mol. The maximum atomic E-state index is 11.4. The van der Waals surface area contributed by atoms with Gasteiger partial charge in [0.05, 0.1) is 0 Å². The van der Waals surface area contributed by atoms with Crippen molar-refractivity contribution in [1.82, 2.24) is 4.90 Å². The fourth-order valence-corrected chi connectivity index (χ4v) is 1.29. The molecule has 0 spiro atoms. The monoisotopic (exact) mass is 185 g/mol. The van der Waals surface area contributed by atoms with Gasteiger partial charge in [0.15, 0.2) is 0 Å². The van der Waals surface area contributed by atoms with E-state index in [0.717, 1.165) is 0 Å². The predicted octanol–water partition coefficient (Wildman–Crippen LogP) is 0.214. The van der Waals surface area contributed by atoms with Gasteiger partial charge in [0.1, 0.15) is 12.4 Å². The van der Waals surface area contributed by atoms with E-state index < -0.39 is 0 Å². The van der Waals surface area contributed by atoms with Gasteiger partial charge in [-0.15, -0.1) is 0 Å². The van der Waals surface area contributed by atoms with Crippen LogP contribution in [0.5, 0.6) is 0 Å². The highest BCUT2D eigenvalue weighted by Gasteiger charge is 2.20. The lowest BCUT2D eigenvalue weighted by Crippen LogP contribution is -2.40. The lowest BCUT2D eigenvalue weighted by atomic mass is 10.1. The van der Waals surface area contributed by atoms with Crippen molar-refractivity contribution in [3.8, 4) is 0 Å². The minimum Gasteiger partial charge on any atom is -0.372 e. The summed E-state index contributed by atoms with van der Waals surface area (Å²) in [5.74, 6) is 0.245. The van der Waals surface area contributed by atoms with E-state index in [1.165, 1.54) is 0 Å². The molecule has 0 radical (unpaired) electrons. The number of nitrogens with zero attached hydrogens (tertiary/aromatic N) is 1. The highest BCUT2D eigenvalue weighted by atomic mass is 16.5. The highest BCUT2D eigenvalue weighted by Crippen LogP contribution is 2.05. The summed E-state index contributed by atoms with van der Waals surface area (Å²) in [6.45, 7) is 3.67. The molecule has 0 aromatic heterocycles. The third-order valence-corrected chi connectivity index (χ3v) is 2.10. The van der Waals surface area contributed by atoms with Gasteiger partial charge in [-0.1, -0.05) is 0 Å². The molecule has 0 saturated carbocycles. The summed E-state index contributed by atoms with van der Waals surface area (Å²) in [6, 6.07) is 0. The Hall–Kier alpha value is -0.900. The van der Waals surface area contributed by atoms with Crippen molar-refractivity contribution in [2.75, 3.05) is 26.3 Å². The van der Waals surface area contributed by atoms with Crippen molar-refractivity contribution in [3.05, 3.63) is 0 Å². The van der Waals surface area contributed by atoms with Gasteiger partial charge in [0.25, 0.3) is 0 Å². The van der Waals surface area contributed by atoms with Gasteiger partial charge in [0, 0.05) is 32.5 Å². The van der Waals surface area contributed by atoms with Crippen LogP contribution in [0.2, 0.25) is 0 Å². The minimum atomic E-state index is -0.00523. The molecule has 0 aliphatic carbocycles. The predicted molar refractivity (Wildman–Crippen MR) is 47.3 cm³/mol. The van der Waals surface area contributed by atoms with Gasteiger partial charge in [-0.3, -0.25) is 9.59 Å². The fourth-order valence-electron chi connectivity index (χ4n) is 1.29. The number of Topliss-reactive ketones (excluding diaryl/α,β-unsaturated/α-hetero) is 1. The number of amides is 1. The van der Waals surface area contributed by atoms with Crippen LogP contribution in [-0.2, 0) is 14.3 Å². The number of carbonyl (C=O) groups is 2. The number of likely N-dealkylation sites (tertiary alicyclic amines) is 1. The molecule has 4 heteroatoms. The average molecular weight is 185 g/mol. The molecule has 1 aliphatic rings. The molecule has 0 aromatic carbocycles. The molecule has 1 saturated heterocycles. The molecule has 0 atom stereocenters. The Kier molecular flexibility index (Phi) is 3.89. The molecule has 0 unspecified atom stereocenters. The average Bonchev–Trinajstić information content (AvgIpc) is 2.15. The highest BCUT2D eigenvalue weighted by molar-refractivity contribution is 5.83. The summed E-state index contributed by atoms with van der Waals surface area (Å²) in [6.07, 6.45) is 0.996. The van der Waals surface area contributed by atoms with Gasteiger partial charge in [-0.05, 0) is 6.92 Å². The molecule has 13 heavy (non-hydrogen) atoms. The first-order valence-corrected chi connectivity index (χ1v) is 4.61. The van der Waals surface area contributed by atoms with Crippen LogP contribution >= 0.6 is 0 Å². The Balaban J connectivity index is 2.27. The van der Waals surface area contributed by atoms with Crippen LogP contribution < -0.4 is 0 Å². The molecule has 0 N–H and O–H groups in total. The molecule has 0 bridgehead atoms. The lowest BCUT2D eigenvalue weighted by molar-refractivity contribution is -0.138. The number of piperidine rings is 1. The SMILES string of the molecule is CCOCC(=O)N1CCC(=O)CC1. The zero-order valence-electron chi connectivity index (χ0n) is 7.91. The normalized spacial score (nSPS) is 17.6. The molecule has 1 heterocycles. The van der Waals surface area contributed by atoms with E-state index in [2.05, 4.69) is 0 Å². The number of carbonyl (C=O) groups excluding carboxylic acids is 2. The van der Waals surface area contributed by atoms with E-state index in [9.17, 15) is 9.59 Å². The molecule has 74 valence electrons. The summed E-state index contributed by atoms with van der Waals surface area (Å²) in [7, 11) is 0. The van der Waals surface area contributed by atoms with Crippen LogP contribution in [0.1, 0.15) is 19.8 Å². The van der Waals surface area contributed by atoms with Crippen LogP contribution in [0, 0.1) is 0 Å². The standard InChI is InChI=1S/C9H15NO3/c1-2-13-7-9(12)10-5-3-8(11)4-6-10/h2-7H2,1H3. The van der Waals surface area contributed by atoms with Crippen molar-refractivity contribution in [2.24, 2.45) is 0 Å². The third kappa shape index (κ3) is 3.14. The second-order valence-electron chi connectivity index (χ2n) is 3.06. The van der Waals surface area contributed by atoms with Crippen LogP contribution in [0.15, 0.2) is 0 Å². The number of hydrogen-bond donors (Lipinski definition) is 0. The van der Waals surface area contributed by atoms with Crippen LogP contribution in [-0.4, -0.2) is 42.9 Å². The minimum absolute atomic E-state index is 0.00523. The van der Waals surface area contributed by atoms with Crippen LogP contribution in [0.25, 0.3) is 0 Å². The van der Waals surface area contributed by atoms with Gasteiger partial charge in [-0.25, -0.2) is 0 Å². The van der Waals surface area contributed by atoms with E-state index >= 15 is 0 Å². The largest absolute Gasteiger partial charge is 0.372 e. The molecule has 1 aliphatic heterocycles. The second kappa shape index (κ2) is 4.97. The Morgan fingerprint density at radius 2 is 2.08 bits per heavy atom. The number of ketones is 1. The zero-order chi connectivity index (χ0) is 9.68. The van der Waals surface area contributed by atoms with Gasteiger partial charge < -0.3 is 9.64 Å². The summed E-state index contributed by atoms with van der Waals surface area (Å²) < 4.78 is 5.00. The summed E-state index contributed by atoms with van der Waals surface area (Å²) in [5.41, 5.74) is 0. The zero-order valence-corrected chi connectivity index (χ0v) is 7.91. The van der Waals surface area contributed by atoms with E-state index in [4.69, 9.17) is 4.74 Å². The van der Waals surface area contributed by atoms with Crippen molar-refractivity contribution < 1.29 is 14.3 Å². The smallest absolute Gasteiger partial charge is 0.248 e. The summed E-state index contributed by atoms with van der Waals surface area (Å²) in [4.78, 5) is 23.9. The molecule has 1 amide bonds. The first-order chi connectivity index (χ1) is 6.24. The summed E-state index contributed by atoms with van der Waals surface area (Å²) >= 11 is 0. The Labute approximate surface area is 77.8 Å². The number of ether oxygens (including phenoxy) is 1. The molecule has 1 rings (SSSR count). The van der Waals surface area contributed by atoms with E-state index in [-0.39, 0.29) is 18.3 Å². The van der Waals surface area contributed by atoms with Crippen molar-refractivity contribution in [3.63, 3.8) is 0 Å². The molecule has 4 nitrogen and oxygen atoms in total. The summed E-state index contributed by atoms with van der Waals surface area (Å²) in [5, 5.41) is 0. The Morgan fingerprint density at radius 1 is 1.46 bits per heavy atom. The van der Waals surface area contributed by atoms with Crippen LogP contribution in [0.4, 0.5) is 0 Å². The molecular formula is C9H15NO3. The quantitative estimate of drug-likeness (QED) is 0.631. The van der Waals surface area contributed by atoms with Crippen molar-refractivity contribution in [1.29, 1.82) is 0 Å². The second-order valence-corrected chi connectivity index (χ2v) is 3.06. The van der Waals surface area contributed by atoms with E-state index in [1.54, 1.807) is 4.90 Å². The Morgan fingerprint density at radius 3 is 2.62 bits per heavy atom. The molecule has 1 fully saturated rings. The van der Waals surface area contributed by atoms with Crippen molar-refractivity contribution >= 4 is 11.7 Å². The maximum Gasteiger partial charge on any atom is 0.248 e. The maximum absolute atomic E-state index is 11.4. The molecule has 0 aromatic rings. The van der Waals surface area contributed by atoms with E-state index in [0.29, 0.717) is 32.5 Å². The van der Waals surface area contributed by atoms with Gasteiger partial charge >= 0.3 is 0 Å². The van der Waals surface area contributed by atoms with Gasteiger partial charge in [0.2, 0.25) is 5.91 Å². The number of rotatable bonds is 3. The van der Waals surface area contributed by atoms with Crippen LogP contribution in [0.3, 0.4) is 0 Å². The Bertz CT molecular complexity index is 193. The first kappa shape index (κ1) is 10.2. The van der Waals surface area contributed by atoms with Crippen molar-refractivity contribution in [2.45, 2.75) is 19.8 Å².